The Balaban J connectivity index is 0.00000126. The van der Waals surface area contributed by atoms with Crippen molar-refractivity contribution >= 4 is 36.1 Å². The van der Waals surface area contributed by atoms with Gasteiger partial charge in [0.2, 0.25) is 0 Å². The van der Waals surface area contributed by atoms with Crippen LogP contribution in [0.4, 0.5) is 11.4 Å². The van der Waals surface area contributed by atoms with Crippen LogP contribution in [0.1, 0.15) is 32.8 Å². The zero-order valence-electron chi connectivity index (χ0n) is 16.0. The van der Waals surface area contributed by atoms with Gasteiger partial charge in [0.15, 0.2) is 0 Å². The third-order valence-electron chi connectivity index (χ3n) is 4.15. The van der Waals surface area contributed by atoms with Crippen molar-refractivity contribution in [1.29, 1.82) is 0 Å². The summed E-state index contributed by atoms with van der Waals surface area (Å²) in [7, 11) is 0. The number of carbonyl (C=O) groups excluding carboxylic acids is 2. The molecule has 1 atom stereocenters. The molecule has 0 bridgehead atoms. The highest BCUT2D eigenvalue weighted by Gasteiger charge is 2.26. The molecule has 1 aliphatic rings. The molecule has 3 rings (SSSR count). The maximum Gasteiger partial charge on any atom is 0.324 e. The SMILES string of the molecule is C=O.CC(C)(C)c1ccc(Nc2ccc(SNC3CCOC3=O)cc2)cc1. The Morgan fingerprint density at radius 3 is 2.04 bits per heavy atom. The summed E-state index contributed by atoms with van der Waals surface area (Å²) < 4.78 is 8.10. The second-order valence-corrected chi connectivity index (χ2v) is 8.12. The number of carbonyl (C=O) groups is 2. The maximum absolute atomic E-state index is 11.4. The first-order valence-electron chi connectivity index (χ1n) is 8.77. The van der Waals surface area contributed by atoms with Crippen molar-refractivity contribution in [3.05, 3.63) is 54.1 Å². The van der Waals surface area contributed by atoms with Gasteiger partial charge in [0.1, 0.15) is 12.8 Å². The van der Waals surface area contributed by atoms with Gasteiger partial charge in [0.25, 0.3) is 0 Å². The number of anilines is 2. The second kappa shape index (κ2) is 9.58. The molecule has 1 fully saturated rings. The van der Waals surface area contributed by atoms with Crippen molar-refractivity contribution < 1.29 is 14.3 Å². The zero-order chi connectivity index (χ0) is 19.9. The smallest absolute Gasteiger partial charge is 0.324 e. The Bertz CT molecular complexity index is 740. The fourth-order valence-corrected chi connectivity index (χ4v) is 3.33. The van der Waals surface area contributed by atoms with E-state index in [1.165, 1.54) is 17.5 Å². The molecule has 144 valence electrons. The number of ether oxygens (including phenoxy) is 1. The molecular formula is C21H26N2O3S. The zero-order valence-corrected chi connectivity index (χ0v) is 16.8. The third kappa shape index (κ3) is 6.12. The lowest BCUT2D eigenvalue weighted by molar-refractivity contribution is -0.139. The van der Waals surface area contributed by atoms with E-state index >= 15 is 0 Å². The normalized spacial score (nSPS) is 16.3. The number of rotatable bonds is 5. The summed E-state index contributed by atoms with van der Waals surface area (Å²) >= 11 is 1.46. The molecule has 0 aromatic heterocycles. The van der Waals surface area contributed by atoms with Gasteiger partial charge in [-0.15, -0.1) is 0 Å². The van der Waals surface area contributed by atoms with E-state index in [0.29, 0.717) is 6.61 Å². The van der Waals surface area contributed by atoms with Crippen LogP contribution in [0.2, 0.25) is 0 Å². The number of cyclic esters (lactones) is 1. The number of nitrogens with one attached hydrogen (secondary N) is 2. The van der Waals surface area contributed by atoms with Crippen LogP contribution in [-0.2, 0) is 19.7 Å². The first-order chi connectivity index (χ1) is 12.9. The van der Waals surface area contributed by atoms with Gasteiger partial charge in [-0.05, 0) is 59.3 Å². The summed E-state index contributed by atoms with van der Waals surface area (Å²) in [6, 6.07) is 16.5. The molecule has 1 unspecified atom stereocenters. The quantitative estimate of drug-likeness (QED) is 0.584. The van der Waals surface area contributed by atoms with Crippen molar-refractivity contribution in [2.45, 2.75) is 43.5 Å². The molecule has 0 amide bonds. The van der Waals surface area contributed by atoms with Gasteiger partial charge in [-0.25, -0.2) is 4.72 Å². The minimum atomic E-state index is -0.205. The predicted octanol–water partition coefficient (Wildman–Crippen LogP) is 4.46. The van der Waals surface area contributed by atoms with E-state index in [0.717, 1.165) is 22.7 Å². The lowest BCUT2D eigenvalue weighted by atomic mass is 9.87. The summed E-state index contributed by atoms with van der Waals surface area (Å²) in [5.41, 5.74) is 3.59. The molecule has 2 N–H and O–H groups in total. The van der Waals surface area contributed by atoms with E-state index < -0.39 is 0 Å². The van der Waals surface area contributed by atoms with Gasteiger partial charge >= 0.3 is 5.97 Å². The molecular weight excluding hydrogens is 360 g/mol. The van der Waals surface area contributed by atoms with Crippen LogP contribution in [0.15, 0.2) is 53.4 Å². The van der Waals surface area contributed by atoms with Crippen LogP contribution in [-0.4, -0.2) is 25.4 Å². The van der Waals surface area contributed by atoms with E-state index in [9.17, 15) is 4.79 Å². The number of hydrogen-bond acceptors (Lipinski definition) is 6. The Morgan fingerprint density at radius 1 is 1.00 bits per heavy atom. The molecule has 2 aromatic rings. The molecule has 0 radical (unpaired) electrons. The summed E-state index contributed by atoms with van der Waals surface area (Å²) in [5.74, 6) is -0.163. The van der Waals surface area contributed by atoms with Crippen LogP contribution in [0, 0.1) is 0 Å². The highest BCUT2D eigenvalue weighted by atomic mass is 32.2. The van der Waals surface area contributed by atoms with E-state index in [1.807, 2.05) is 31.1 Å². The van der Waals surface area contributed by atoms with Crippen LogP contribution >= 0.6 is 11.9 Å². The van der Waals surface area contributed by atoms with Gasteiger partial charge < -0.3 is 14.8 Å². The molecule has 1 saturated heterocycles. The summed E-state index contributed by atoms with van der Waals surface area (Å²) in [5, 5.41) is 3.41. The summed E-state index contributed by atoms with van der Waals surface area (Å²) in [6.07, 6.45) is 0.732. The highest BCUT2D eigenvalue weighted by Crippen LogP contribution is 2.26. The molecule has 5 nitrogen and oxygen atoms in total. The number of benzene rings is 2. The largest absolute Gasteiger partial charge is 0.464 e. The minimum absolute atomic E-state index is 0.163. The first kappa shape index (κ1) is 21.0. The van der Waals surface area contributed by atoms with Gasteiger partial charge in [-0.3, -0.25) is 4.79 Å². The number of hydrogen-bond donors (Lipinski definition) is 2. The predicted molar refractivity (Wildman–Crippen MR) is 110 cm³/mol. The Morgan fingerprint density at radius 2 is 1.56 bits per heavy atom. The van der Waals surface area contributed by atoms with E-state index in [1.54, 1.807) is 0 Å². The molecule has 1 heterocycles. The van der Waals surface area contributed by atoms with Crippen molar-refractivity contribution in [2.75, 3.05) is 11.9 Å². The summed E-state index contributed by atoms with van der Waals surface area (Å²) in [6.45, 7) is 9.15. The van der Waals surface area contributed by atoms with E-state index in [-0.39, 0.29) is 17.4 Å². The van der Waals surface area contributed by atoms with Crippen LogP contribution in [0.25, 0.3) is 0 Å². The third-order valence-corrected chi connectivity index (χ3v) is 5.06. The van der Waals surface area contributed by atoms with Crippen LogP contribution < -0.4 is 10.0 Å². The van der Waals surface area contributed by atoms with Crippen molar-refractivity contribution in [1.82, 2.24) is 4.72 Å². The monoisotopic (exact) mass is 386 g/mol. The van der Waals surface area contributed by atoms with E-state index in [4.69, 9.17) is 9.53 Å². The van der Waals surface area contributed by atoms with Crippen molar-refractivity contribution in [3.63, 3.8) is 0 Å². The molecule has 0 aliphatic carbocycles. The van der Waals surface area contributed by atoms with Gasteiger partial charge in [-0.1, -0.05) is 32.9 Å². The lowest BCUT2D eigenvalue weighted by Crippen LogP contribution is -2.27. The standard InChI is InChI=1S/C20H24N2O2S.CH2O/c1-20(2,3)14-4-6-15(7-5-14)21-16-8-10-17(11-9-16)25-22-18-12-13-24-19(18)23;1-2/h4-11,18,21-22H,12-13H2,1-3H3;1H2. The number of esters is 1. The Hall–Kier alpha value is -2.31. The molecule has 1 aliphatic heterocycles. The first-order valence-corrected chi connectivity index (χ1v) is 9.59. The summed E-state index contributed by atoms with van der Waals surface area (Å²) in [4.78, 5) is 20.5. The Kier molecular flexibility index (Phi) is 7.45. The molecule has 0 saturated carbocycles. The fraction of sp³-hybridized carbons (Fsp3) is 0.333. The van der Waals surface area contributed by atoms with Gasteiger partial charge in [-0.2, -0.15) is 0 Å². The maximum atomic E-state index is 11.4. The fourth-order valence-electron chi connectivity index (χ4n) is 2.57. The topological polar surface area (TPSA) is 67.4 Å². The Labute approximate surface area is 165 Å². The van der Waals surface area contributed by atoms with Crippen molar-refractivity contribution in [2.24, 2.45) is 0 Å². The highest BCUT2D eigenvalue weighted by molar-refractivity contribution is 7.97. The van der Waals surface area contributed by atoms with E-state index in [2.05, 4.69) is 55.1 Å². The molecule has 2 aromatic carbocycles. The minimum Gasteiger partial charge on any atom is -0.464 e. The second-order valence-electron chi connectivity index (χ2n) is 7.21. The van der Waals surface area contributed by atoms with Crippen LogP contribution in [0.3, 0.4) is 0 Å². The average Bonchev–Trinajstić information content (AvgIpc) is 3.07. The van der Waals surface area contributed by atoms with Gasteiger partial charge in [0.05, 0.1) is 6.61 Å². The molecule has 0 spiro atoms. The van der Waals surface area contributed by atoms with Crippen molar-refractivity contribution in [3.8, 4) is 0 Å². The van der Waals surface area contributed by atoms with Gasteiger partial charge in [0, 0.05) is 22.7 Å². The average molecular weight is 387 g/mol. The molecule has 27 heavy (non-hydrogen) atoms. The molecule has 6 heteroatoms. The van der Waals surface area contributed by atoms with Crippen LogP contribution in [0.5, 0.6) is 0 Å². The lowest BCUT2D eigenvalue weighted by Gasteiger charge is -2.19.